The molecule has 0 radical (unpaired) electrons. The van der Waals surface area contributed by atoms with E-state index in [4.69, 9.17) is 0 Å². The summed E-state index contributed by atoms with van der Waals surface area (Å²) in [5, 5.41) is 2.92. The summed E-state index contributed by atoms with van der Waals surface area (Å²) in [7, 11) is 0. The number of carbonyl (C=O) groups is 2. The van der Waals surface area contributed by atoms with Crippen molar-refractivity contribution >= 4 is 11.8 Å². The maximum Gasteiger partial charge on any atom is 0.245 e. The molecule has 17 heavy (non-hydrogen) atoms. The Labute approximate surface area is 103 Å². The summed E-state index contributed by atoms with van der Waals surface area (Å²) in [6.07, 6.45) is 4.14. The van der Waals surface area contributed by atoms with Gasteiger partial charge in [-0.3, -0.25) is 9.59 Å². The summed E-state index contributed by atoms with van der Waals surface area (Å²) >= 11 is 0. The van der Waals surface area contributed by atoms with E-state index in [9.17, 15) is 9.59 Å². The molecule has 1 saturated carbocycles. The van der Waals surface area contributed by atoms with Gasteiger partial charge < -0.3 is 10.2 Å². The largest absolute Gasteiger partial charge is 0.344 e. The van der Waals surface area contributed by atoms with Gasteiger partial charge in [0.1, 0.15) is 6.04 Å². The molecule has 1 aliphatic heterocycles. The van der Waals surface area contributed by atoms with Gasteiger partial charge in [0, 0.05) is 19.0 Å². The molecule has 1 unspecified atom stereocenters. The van der Waals surface area contributed by atoms with Crippen molar-refractivity contribution in [1.82, 2.24) is 10.2 Å². The van der Waals surface area contributed by atoms with E-state index in [1.165, 1.54) is 0 Å². The molecule has 1 N–H and O–H groups in total. The minimum absolute atomic E-state index is 0.0660. The third kappa shape index (κ3) is 2.99. The predicted molar refractivity (Wildman–Crippen MR) is 65.3 cm³/mol. The molecule has 96 valence electrons. The average molecular weight is 238 g/mol. The van der Waals surface area contributed by atoms with Gasteiger partial charge in [0.2, 0.25) is 11.8 Å². The molecule has 2 fully saturated rings. The molecule has 1 heterocycles. The van der Waals surface area contributed by atoms with Gasteiger partial charge in [-0.15, -0.1) is 0 Å². The monoisotopic (exact) mass is 238 g/mol. The van der Waals surface area contributed by atoms with Crippen LogP contribution in [0.2, 0.25) is 0 Å². The highest BCUT2D eigenvalue weighted by atomic mass is 16.2. The zero-order valence-corrected chi connectivity index (χ0v) is 10.7. The van der Waals surface area contributed by atoms with Crippen molar-refractivity contribution in [1.29, 1.82) is 0 Å². The van der Waals surface area contributed by atoms with Crippen LogP contribution < -0.4 is 5.32 Å². The first-order valence-electron chi connectivity index (χ1n) is 6.68. The fourth-order valence-electron chi connectivity index (χ4n) is 2.26. The Balaban J connectivity index is 1.94. The second-order valence-corrected chi connectivity index (χ2v) is 5.54. The summed E-state index contributed by atoms with van der Waals surface area (Å²) in [5.74, 6) is 0.496. The molecular formula is C13H22N2O2. The number of hydrogen-bond donors (Lipinski definition) is 1. The van der Waals surface area contributed by atoms with Gasteiger partial charge >= 0.3 is 0 Å². The summed E-state index contributed by atoms with van der Waals surface area (Å²) in [4.78, 5) is 25.9. The molecule has 0 aromatic carbocycles. The van der Waals surface area contributed by atoms with Gasteiger partial charge in [-0.1, -0.05) is 13.8 Å². The van der Waals surface area contributed by atoms with E-state index >= 15 is 0 Å². The van der Waals surface area contributed by atoms with Crippen molar-refractivity contribution in [2.75, 3.05) is 13.1 Å². The lowest BCUT2D eigenvalue weighted by Gasteiger charge is -2.26. The van der Waals surface area contributed by atoms with Crippen molar-refractivity contribution in [2.45, 2.75) is 45.6 Å². The molecule has 2 aliphatic rings. The molecule has 4 heteroatoms. The lowest BCUT2D eigenvalue weighted by molar-refractivity contribution is -0.137. The highest BCUT2D eigenvalue weighted by Crippen LogP contribution is 2.29. The highest BCUT2D eigenvalue weighted by molar-refractivity contribution is 5.89. The van der Waals surface area contributed by atoms with E-state index in [1.807, 2.05) is 18.7 Å². The van der Waals surface area contributed by atoms with E-state index < -0.39 is 0 Å². The summed E-state index contributed by atoms with van der Waals surface area (Å²) in [6.45, 7) is 5.68. The maximum atomic E-state index is 12.3. The van der Waals surface area contributed by atoms with Crippen LogP contribution in [0.25, 0.3) is 0 Å². The Kier molecular flexibility index (Phi) is 3.69. The van der Waals surface area contributed by atoms with Gasteiger partial charge in [-0.2, -0.15) is 0 Å². The fourth-order valence-corrected chi connectivity index (χ4v) is 2.26. The Morgan fingerprint density at radius 3 is 2.24 bits per heavy atom. The van der Waals surface area contributed by atoms with Gasteiger partial charge in [-0.05, 0) is 31.6 Å². The van der Waals surface area contributed by atoms with Crippen molar-refractivity contribution in [2.24, 2.45) is 11.8 Å². The molecule has 0 aromatic rings. The van der Waals surface area contributed by atoms with E-state index in [-0.39, 0.29) is 29.7 Å². The molecular weight excluding hydrogens is 216 g/mol. The number of nitrogens with one attached hydrogen (secondary N) is 1. The molecule has 2 rings (SSSR count). The minimum Gasteiger partial charge on any atom is -0.344 e. The maximum absolute atomic E-state index is 12.3. The van der Waals surface area contributed by atoms with Gasteiger partial charge in [0.25, 0.3) is 0 Å². The second-order valence-electron chi connectivity index (χ2n) is 5.54. The fraction of sp³-hybridized carbons (Fsp3) is 0.846. The SMILES string of the molecule is CC(C)C(NC(=O)C1CC1)C(=O)N1CCCC1. The molecule has 4 nitrogen and oxygen atoms in total. The standard InChI is InChI=1S/C13H22N2O2/c1-9(2)11(14-12(16)10-5-6-10)13(17)15-7-3-4-8-15/h9-11H,3-8H2,1-2H3,(H,14,16). The Morgan fingerprint density at radius 1 is 1.18 bits per heavy atom. The summed E-state index contributed by atoms with van der Waals surface area (Å²) in [6, 6.07) is -0.332. The van der Waals surface area contributed by atoms with Crippen LogP contribution in [-0.2, 0) is 9.59 Å². The first-order chi connectivity index (χ1) is 8.09. The summed E-state index contributed by atoms with van der Waals surface area (Å²) in [5.41, 5.74) is 0. The average Bonchev–Trinajstić information content (AvgIpc) is 3.00. The van der Waals surface area contributed by atoms with Crippen LogP contribution in [0.4, 0.5) is 0 Å². The smallest absolute Gasteiger partial charge is 0.245 e. The Morgan fingerprint density at radius 2 is 1.76 bits per heavy atom. The van der Waals surface area contributed by atoms with Crippen LogP contribution in [0.3, 0.4) is 0 Å². The normalized spacial score (nSPS) is 21.7. The number of likely N-dealkylation sites (tertiary alicyclic amines) is 1. The molecule has 0 spiro atoms. The number of carbonyl (C=O) groups excluding carboxylic acids is 2. The molecule has 0 bridgehead atoms. The second kappa shape index (κ2) is 5.07. The van der Waals surface area contributed by atoms with Crippen LogP contribution in [0.1, 0.15) is 39.5 Å². The van der Waals surface area contributed by atoms with Crippen LogP contribution in [0, 0.1) is 11.8 Å². The number of rotatable bonds is 4. The number of hydrogen-bond acceptors (Lipinski definition) is 2. The van der Waals surface area contributed by atoms with Gasteiger partial charge in [0.15, 0.2) is 0 Å². The van der Waals surface area contributed by atoms with Crippen molar-refractivity contribution in [3.63, 3.8) is 0 Å². The van der Waals surface area contributed by atoms with Crippen LogP contribution in [-0.4, -0.2) is 35.8 Å². The zero-order valence-electron chi connectivity index (χ0n) is 10.7. The highest BCUT2D eigenvalue weighted by Gasteiger charge is 2.35. The Bertz CT molecular complexity index is 305. The van der Waals surface area contributed by atoms with Crippen LogP contribution in [0.5, 0.6) is 0 Å². The minimum atomic E-state index is -0.332. The third-order valence-corrected chi connectivity index (χ3v) is 3.60. The lowest BCUT2D eigenvalue weighted by atomic mass is 10.0. The van der Waals surface area contributed by atoms with Crippen molar-refractivity contribution in [3.8, 4) is 0 Å². The molecule has 1 atom stereocenters. The quantitative estimate of drug-likeness (QED) is 0.799. The topological polar surface area (TPSA) is 49.4 Å². The van der Waals surface area contributed by atoms with E-state index in [0.717, 1.165) is 38.8 Å². The first-order valence-corrected chi connectivity index (χ1v) is 6.68. The van der Waals surface area contributed by atoms with Gasteiger partial charge in [0.05, 0.1) is 0 Å². The van der Waals surface area contributed by atoms with E-state index in [2.05, 4.69) is 5.32 Å². The molecule has 2 amide bonds. The van der Waals surface area contributed by atoms with Crippen molar-refractivity contribution in [3.05, 3.63) is 0 Å². The Hall–Kier alpha value is -1.06. The van der Waals surface area contributed by atoms with Crippen LogP contribution in [0.15, 0.2) is 0 Å². The van der Waals surface area contributed by atoms with Gasteiger partial charge in [-0.25, -0.2) is 0 Å². The zero-order chi connectivity index (χ0) is 12.4. The van der Waals surface area contributed by atoms with E-state index in [0.29, 0.717) is 0 Å². The van der Waals surface area contributed by atoms with Crippen LogP contribution >= 0.6 is 0 Å². The summed E-state index contributed by atoms with van der Waals surface area (Å²) < 4.78 is 0. The third-order valence-electron chi connectivity index (χ3n) is 3.60. The number of amides is 2. The molecule has 0 aromatic heterocycles. The first kappa shape index (κ1) is 12.4. The predicted octanol–water partition coefficient (Wildman–Crippen LogP) is 1.16. The van der Waals surface area contributed by atoms with E-state index in [1.54, 1.807) is 0 Å². The molecule has 1 aliphatic carbocycles. The lowest BCUT2D eigenvalue weighted by Crippen LogP contribution is -2.50. The van der Waals surface area contributed by atoms with Crippen molar-refractivity contribution < 1.29 is 9.59 Å². The molecule has 1 saturated heterocycles. The number of nitrogens with zero attached hydrogens (tertiary/aromatic N) is 1.